The second kappa shape index (κ2) is 7.69. The second-order valence-electron chi connectivity index (χ2n) is 4.65. The van der Waals surface area contributed by atoms with Crippen LogP contribution in [-0.2, 0) is 14.3 Å². The Balaban J connectivity index is 2.34. The van der Waals surface area contributed by atoms with Gasteiger partial charge in [0.2, 0.25) is 0 Å². The quantitative estimate of drug-likeness (QED) is 0.529. The molecule has 0 radical (unpaired) electrons. The second-order valence-corrected chi connectivity index (χ2v) is 4.65. The van der Waals surface area contributed by atoms with Gasteiger partial charge in [-0.25, -0.2) is 0 Å². The maximum Gasteiger partial charge on any atom is 0.411 e. The van der Waals surface area contributed by atoms with E-state index in [0.29, 0.717) is 6.54 Å². The molecular formula is C12H20F3NO3. The van der Waals surface area contributed by atoms with Crippen LogP contribution in [0.3, 0.4) is 0 Å². The molecule has 0 aliphatic heterocycles. The summed E-state index contributed by atoms with van der Waals surface area (Å²) in [5.41, 5.74) is 0. The fourth-order valence-electron chi connectivity index (χ4n) is 2.26. The number of hydrogen-bond donors (Lipinski definition) is 0. The molecule has 0 aromatic heterocycles. The van der Waals surface area contributed by atoms with Crippen molar-refractivity contribution in [2.45, 2.75) is 37.9 Å². The van der Waals surface area contributed by atoms with Gasteiger partial charge in [-0.05, 0) is 12.8 Å². The predicted molar refractivity (Wildman–Crippen MR) is 62.7 cm³/mol. The van der Waals surface area contributed by atoms with Crippen molar-refractivity contribution in [1.29, 1.82) is 0 Å². The van der Waals surface area contributed by atoms with Crippen LogP contribution in [0.25, 0.3) is 0 Å². The molecule has 1 aliphatic carbocycles. The molecule has 0 aromatic rings. The average molecular weight is 283 g/mol. The van der Waals surface area contributed by atoms with Crippen molar-refractivity contribution in [3.8, 4) is 0 Å². The lowest BCUT2D eigenvalue weighted by Gasteiger charge is -2.27. The van der Waals surface area contributed by atoms with E-state index in [1.807, 2.05) is 4.90 Å². The summed E-state index contributed by atoms with van der Waals surface area (Å²) in [6.07, 6.45) is -0.190. The highest BCUT2D eigenvalue weighted by atomic mass is 19.4. The number of nitrogens with zero attached hydrogens (tertiary/aromatic N) is 1. The average Bonchev–Trinajstić information content (AvgIpc) is 2.85. The van der Waals surface area contributed by atoms with Crippen molar-refractivity contribution in [2.75, 3.05) is 33.4 Å². The van der Waals surface area contributed by atoms with Crippen LogP contribution in [0.5, 0.6) is 0 Å². The number of esters is 1. The molecule has 7 heteroatoms. The number of hydrogen-bond acceptors (Lipinski definition) is 4. The van der Waals surface area contributed by atoms with E-state index in [2.05, 4.69) is 9.47 Å². The van der Waals surface area contributed by atoms with Gasteiger partial charge in [0, 0.05) is 12.6 Å². The van der Waals surface area contributed by atoms with E-state index < -0.39 is 12.8 Å². The number of ether oxygens (including phenoxy) is 2. The van der Waals surface area contributed by atoms with E-state index in [0.717, 1.165) is 25.7 Å². The Morgan fingerprint density at radius 2 is 1.95 bits per heavy atom. The number of halogens is 3. The minimum atomic E-state index is -4.31. The van der Waals surface area contributed by atoms with E-state index in [4.69, 9.17) is 0 Å². The van der Waals surface area contributed by atoms with Crippen LogP contribution in [0, 0.1) is 0 Å². The highest BCUT2D eigenvalue weighted by Crippen LogP contribution is 2.23. The third-order valence-corrected chi connectivity index (χ3v) is 3.19. The number of methoxy groups -OCH3 is 1. The van der Waals surface area contributed by atoms with E-state index >= 15 is 0 Å². The molecule has 19 heavy (non-hydrogen) atoms. The normalized spacial score (nSPS) is 17.1. The van der Waals surface area contributed by atoms with Crippen molar-refractivity contribution in [3.63, 3.8) is 0 Å². The number of carbonyl (C=O) groups is 1. The fraction of sp³-hybridized carbons (Fsp3) is 0.917. The van der Waals surface area contributed by atoms with Gasteiger partial charge in [-0.2, -0.15) is 13.2 Å². The third-order valence-electron chi connectivity index (χ3n) is 3.19. The Morgan fingerprint density at radius 1 is 1.32 bits per heavy atom. The summed E-state index contributed by atoms with van der Waals surface area (Å²) >= 11 is 0. The molecule has 1 rings (SSSR count). The molecule has 0 spiro atoms. The lowest BCUT2D eigenvalue weighted by Crippen LogP contribution is -2.40. The third kappa shape index (κ3) is 6.77. The molecule has 0 unspecified atom stereocenters. The van der Waals surface area contributed by atoms with Crippen LogP contribution in [0.2, 0.25) is 0 Å². The standard InChI is InChI=1S/C12H20F3NO3/c1-18-11(17)8-16(10-4-2-3-5-10)6-7-19-9-12(13,14)15/h10H,2-9H2,1H3. The minimum absolute atomic E-state index is 0.0347. The van der Waals surface area contributed by atoms with Gasteiger partial charge < -0.3 is 9.47 Å². The first-order valence-corrected chi connectivity index (χ1v) is 6.38. The van der Waals surface area contributed by atoms with Gasteiger partial charge in [0.15, 0.2) is 0 Å². The highest BCUT2D eigenvalue weighted by Gasteiger charge is 2.28. The summed E-state index contributed by atoms with van der Waals surface area (Å²) < 4.78 is 45.0. The van der Waals surface area contributed by atoms with Crippen LogP contribution >= 0.6 is 0 Å². The zero-order valence-electron chi connectivity index (χ0n) is 11.0. The Kier molecular flexibility index (Phi) is 6.57. The van der Waals surface area contributed by atoms with E-state index in [1.54, 1.807) is 0 Å². The van der Waals surface area contributed by atoms with Crippen molar-refractivity contribution in [2.24, 2.45) is 0 Å². The fourth-order valence-corrected chi connectivity index (χ4v) is 2.26. The maximum absolute atomic E-state index is 11.9. The summed E-state index contributed by atoms with van der Waals surface area (Å²) in [5, 5.41) is 0. The van der Waals surface area contributed by atoms with Gasteiger partial charge >= 0.3 is 12.1 Å². The Labute approximate surface area is 110 Å². The summed E-state index contributed by atoms with van der Waals surface area (Å²) in [6.45, 7) is -0.858. The number of carbonyl (C=O) groups excluding carboxylic acids is 1. The molecular weight excluding hydrogens is 263 g/mol. The smallest absolute Gasteiger partial charge is 0.411 e. The van der Waals surface area contributed by atoms with Crippen LogP contribution < -0.4 is 0 Å². The molecule has 0 atom stereocenters. The summed E-state index contributed by atoms with van der Waals surface area (Å²) in [7, 11) is 1.30. The highest BCUT2D eigenvalue weighted by molar-refractivity contribution is 5.71. The zero-order chi connectivity index (χ0) is 14.3. The Bertz CT molecular complexity index is 278. The molecule has 112 valence electrons. The predicted octanol–water partition coefficient (Wildman–Crippen LogP) is 1.98. The number of rotatable bonds is 7. The minimum Gasteiger partial charge on any atom is -0.468 e. The molecule has 0 amide bonds. The van der Waals surface area contributed by atoms with Crippen molar-refractivity contribution in [1.82, 2.24) is 4.90 Å². The maximum atomic E-state index is 11.9. The van der Waals surface area contributed by atoms with Gasteiger partial charge in [0.25, 0.3) is 0 Å². The first-order chi connectivity index (χ1) is 8.92. The van der Waals surface area contributed by atoms with Gasteiger partial charge in [-0.1, -0.05) is 12.8 Å². The molecule has 1 aliphatic rings. The van der Waals surface area contributed by atoms with Crippen molar-refractivity contribution in [3.05, 3.63) is 0 Å². The molecule has 0 saturated heterocycles. The largest absolute Gasteiger partial charge is 0.468 e. The molecule has 1 saturated carbocycles. The summed E-state index contributed by atoms with van der Waals surface area (Å²) in [5.74, 6) is -0.372. The first-order valence-electron chi connectivity index (χ1n) is 6.38. The van der Waals surface area contributed by atoms with E-state index in [-0.39, 0.29) is 25.2 Å². The van der Waals surface area contributed by atoms with Crippen LogP contribution in [0.1, 0.15) is 25.7 Å². The van der Waals surface area contributed by atoms with E-state index in [9.17, 15) is 18.0 Å². The van der Waals surface area contributed by atoms with Crippen molar-refractivity contribution >= 4 is 5.97 Å². The zero-order valence-corrected chi connectivity index (χ0v) is 11.0. The van der Waals surface area contributed by atoms with Gasteiger partial charge in [-0.15, -0.1) is 0 Å². The van der Waals surface area contributed by atoms with Crippen LogP contribution in [0.4, 0.5) is 13.2 Å². The van der Waals surface area contributed by atoms with Crippen molar-refractivity contribution < 1.29 is 27.4 Å². The van der Waals surface area contributed by atoms with Gasteiger partial charge in [-0.3, -0.25) is 9.69 Å². The van der Waals surface area contributed by atoms with E-state index in [1.165, 1.54) is 7.11 Å². The lowest BCUT2D eigenvalue weighted by molar-refractivity contribution is -0.175. The monoisotopic (exact) mass is 283 g/mol. The summed E-state index contributed by atoms with van der Waals surface area (Å²) in [4.78, 5) is 13.1. The Hall–Kier alpha value is -0.820. The molecule has 0 N–H and O–H groups in total. The van der Waals surface area contributed by atoms with Gasteiger partial charge in [0.1, 0.15) is 6.61 Å². The van der Waals surface area contributed by atoms with Crippen LogP contribution in [0.15, 0.2) is 0 Å². The Morgan fingerprint density at radius 3 is 2.47 bits per heavy atom. The molecule has 4 nitrogen and oxygen atoms in total. The molecule has 0 heterocycles. The molecule has 1 fully saturated rings. The summed E-state index contributed by atoms with van der Waals surface area (Å²) in [6, 6.07) is 0.244. The lowest BCUT2D eigenvalue weighted by atomic mass is 10.2. The van der Waals surface area contributed by atoms with Crippen LogP contribution in [-0.4, -0.2) is 56.5 Å². The SMILES string of the molecule is COC(=O)CN(CCOCC(F)(F)F)C1CCCC1. The topological polar surface area (TPSA) is 38.8 Å². The van der Waals surface area contributed by atoms with Gasteiger partial charge in [0.05, 0.1) is 20.3 Å². The molecule has 0 aromatic carbocycles. The number of alkyl halides is 3. The molecule has 0 bridgehead atoms. The first kappa shape index (κ1) is 16.2.